The quantitative estimate of drug-likeness (QED) is 0.653. The van der Waals surface area contributed by atoms with Crippen molar-refractivity contribution in [3.8, 4) is 0 Å². The molecule has 0 amide bonds. The van der Waals surface area contributed by atoms with Gasteiger partial charge < -0.3 is 0 Å². The molecular weight excluding hydrogens is 321 g/mol. The maximum absolute atomic E-state index is 13.8. The lowest BCUT2D eigenvalue weighted by Crippen LogP contribution is -2.07. The SMILES string of the molecule is O=C(c1cc(Br)ccc1F)c1nccc2ccccc12. The second kappa shape index (κ2) is 5.13. The van der Waals surface area contributed by atoms with Gasteiger partial charge in [-0.3, -0.25) is 9.78 Å². The Labute approximate surface area is 123 Å². The van der Waals surface area contributed by atoms with E-state index in [4.69, 9.17) is 0 Å². The molecule has 1 heterocycles. The monoisotopic (exact) mass is 329 g/mol. The molecule has 0 aliphatic heterocycles. The zero-order valence-corrected chi connectivity index (χ0v) is 11.9. The number of carbonyl (C=O) groups is 1. The van der Waals surface area contributed by atoms with Gasteiger partial charge in [0.05, 0.1) is 5.56 Å². The minimum absolute atomic E-state index is 0.0169. The maximum Gasteiger partial charge on any atom is 0.214 e. The number of fused-ring (bicyclic) bond motifs is 1. The van der Waals surface area contributed by atoms with Gasteiger partial charge in [0, 0.05) is 16.1 Å². The molecule has 1 aromatic heterocycles. The summed E-state index contributed by atoms with van der Waals surface area (Å²) in [7, 11) is 0. The van der Waals surface area contributed by atoms with Crippen LogP contribution in [0.2, 0.25) is 0 Å². The summed E-state index contributed by atoms with van der Waals surface area (Å²) in [4.78, 5) is 16.6. The molecule has 2 nitrogen and oxygen atoms in total. The van der Waals surface area contributed by atoms with E-state index in [0.29, 0.717) is 4.47 Å². The molecule has 98 valence electrons. The summed E-state index contributed by atoms with van der Waals surface area (Å²) in [6.45, 7) is 0. The summed E-state index contributed by atoms with van der Waals surface area (Å²) in [6.07, 6.45) is 1.56. The largest absolute Gasteiger partial charge is 0.287 e. The summed E-state index contributed by atoms with van der Waals surface area (Å²) < 4.78 is 14.5. The number of carbonyl (C=O) groups excluding carboxylic acids is 1. The van der Waals surface area contributed by atoms with E-state index in [1.165, 1.54) is 12.1 Å². The Morgan fingerprint density at radius 2 is 1.90 bits per heavy atom. The predicted molar refractivity (Wildman–Crippen MR) is 79.3 cm³/mol. The molecule has 0 bridgehead atoms. The summed E-state index contributed by atoms with van der Waals surface area (Å²) >= 11 is 3.25. The van der Waals surface area contributed by atoms with Crippen LogP contribution >= 0.6 is 15.9 Å². The normalized spacial score (nSPS) is 10.7. The van der Waals surface area contributed by atoms with E-state index in [1.807, 2.05) is 30.3 Å². The Bertz CT molecular complexity index is 811. The molecule has 0 unspecified atom stereocenters. The van der Waals surface area contributed by atoms with E-state index < -0.39 is 11.6 Å². The van der Waals surface area contributed by atoms with Gasteiger partial charge in [-0.25, -0.2) is 4.39 Å². The van der Waals surface area contributed by atoms with Gasteiger partial charge in [-0.15, -0.1) is 0 Å². The highest BCUT2D eigenvalue weighted by Crippen LogP contribution is 2.22. The van der Waals surface area contributed by atoms with Crippen molar-refractivity contribution in [1.29, 1.82) is 0 Å². The second-order valence-corrected chi connectivity index (χ2v) is 5.25. The minimum Gasteiger partial charge on any atom is -0.287 e. The van der Waals surface area contributed by atoms with Crippen molar-refractivity contribution < 1.29 is 9.18 Å². The van der Waals surface area contributed by atoms with E-state index in [0.717, 1.165) is 10.8 Å². The first kappa shape index (κ1) is 12.9. The molecule has 0 radical (unpaired) electrons. The van der Waals surface area contributed by atoms with Crippen LogP contribution in [0.3, 0.4) is 0 Å². The Morgan fingerprint density at radius 1 is 1.10 bits per heavy atom. The molecule has 0 saturated heterocycles. The fraction of sp³-hybridized carbons (Fsp3) is 0. The molecule has 0 N–H and O–H groups in total. The van der Waals surface area contributed by atoms with Gasteiger partial charge in [0.1, 0.15) is 11.5 Å². The Morgan fingerprint density at radius 3 is 2.75 bits per heavy atom. The Balaban J connectivity index is 2.20. The highest BCUT2D eigenvalue weighted by Gasteiger charge is 2.17. The van der Waals surface area contributed by atoms with E-state index in [2.05, 4.69) is 20.9 Å². The molecule has 0 aliphatic rings. The number of hydrogen-bond donors (Lipinski definition) is 0. The van der Waals surface area contributed by atoms with Crippen LogP contribution in [-0.4, -0.2) is 10.8 Å². The van der Waals surface area contributed by atoms with Crippen LogP contribution < -0.4 is 0 Å². The molecule has 4 heteroatoms. The Kier molecular flexibility index (Phi) is 3.32. The Hall–Kier alpha value is -2.07. The molecule has 0 saturated carbocycles. The molecule has 0 aliphatic carbocycles. The van der Waals surface area contributed by atoms with E-state index in [1.54, 1.807) is 12.3 Å². The lowest BCUT2D eigenvalue weighted by molar-refractivity contribution is 0.103. The van der Waals surface area contributed by atoms with Crippen molar-refractivity contribution in [1.82, 2.24) is 4.98 Å². The van der Waals surface area contributed by atoms with E-state index in [-0.39, 0.29) is 11.3 Å². The van der Waals surface area contributed by atoms with Gasteiger partial charge in [0.2, 0.25) is 5.78 Å². The number of halogens is 2. The summed E-state index contributed by atoms with van der Waals surface area (Å²) in [5.74, 6) is -0.964. The molecule has 3 aromatic rings. The van der Waals surface area contributed by atoms with Crippen LogP contribution in [-0.2, 0) is 0 Å². The van der Waals surface area contributed by atoms with Gasteiger partial charge in [-0.2, -0.15) is 0 Å². The third-order valence-corrected chi connectivity index (χ3v) is 3.56. The zero-order valence-electron chi connectivity index (χ0n) is 10.3. The standard InChI is InChI=1S/C16H9BrFNO/c17-11-5-6-14(18)13(9-11)16(20)15-12-4-2-1-3-10(12)7-8-19-15/h1-9H. The third kappa shape index (κ3) is 2.23. The molecule has 0 fully saturated rings. The molecular formula is C16H9BrFNO. The van der Waals surface area contributed by atoms with Crippen LogP contribution in [0, 0.1) is 5.82 Å². The number of aromatic nitrogens is 1. The molecule has 20 heavy (non-hydrogen) atoms. The van der Waals surface area contributed by atoms with Crippen molar-refractivity contribution in [3.63, 3.8) is 0 Å². The zero-order chi connectivity index (χ0) is 14.1. The van der Waals surface area contributed by atoms with Crippen molar-refractivity contribution >= 4 is 32.5 Å². The highest BCUT2D eigenvalue weighted by molar-refractivity contribution is 9.10. The lowest BCUT2D eigenvalue weighted by Gasteiger charge is -2.06. The van der Waals surface area contributed by atoms with E-state index >= 15 is 0 Å². The summed E-state index contributed by atoms with van der Waals surface area (Å²) in [5, 5.41) is 1.63. The fourth-order valence-corrected chi connectivity index (χ4v) is 2.46. The summed E-state index contributed by atoms with van der Waals surface area (Å²) in [5.41, 5.74) is 0.281. The minimum atomic E-state index is -0.548. The highest BCUT2D eigenvalue weighted by atomic mass is 79.9. The van der Waals surface area contributed by atoms with Crippen LogP contribution in [0.15, 0.2) is 59.2 Å². The number of rotatable bonds is 2. The third-order valence-electron chi connectivity index (χ3n) is 3.06. The van der Waals surface area contributed by atoms with Crippen molar-refractivity contribution in [2.75, 3.05) is 0 Å². The first-order valence-electron chi connectivity index (χ1n) is 6.00. The van der Waals surface area contributed by atoms with Gasteiger partial charge in [0.25, 0.3) is 0 Å². The lowest BCUT2D eigenvalue weighted by atomic mass is 10.0. The number of nitrogens with zero attached hydrogens (tertiary/aromatic N) is 1. The average molecular weight is 330 g/mol. The number of ketones is 1. The van der Waals surface area contributed by atoms with Crippen molar-refractivity contribution in [2.24, 2.45) is 0 Å². The first-order chi connectivity index (χ1) is 9.66. The van der Waals surface area contributed by atoms with Crippen molar-refractivity contribution in [3.05, 3.63) is 76.3 Å². The van der Waals surface area contributed by atoms with Gasteiger partial charge in [-0.05, 0) is 29.7 Å². The number of benzene rings is 2. The topological polar surface area (TPSA) is 30.0 Å². The molecule has 0 atom stereocenters. The van der Waals surface area contributed by atoms with E-state index in [9.17, 15) is 9.18 Å². The predicted octanol–water partition coefficient (Wildman–Crippen LogP) is 4.37. The summed E-state index contributed by atoms with van der Waals surface area (Å²) in [6, 6.07) is 13.5. The van der Waals surface area contributed by atoms with Crippen LogP contribution in [0.25, 0.3) is 10.8 Å². The van der Waals surface area contributed by atoms with Crippen LogP contribution in [0.4, 0.5) is 4.39 Å². The molecule has 3 rings (SSSR count). The van der Waals surface area contributed by atoms with Crippen molar-refractivity contribution in [2.45, 2.75) is 0 Å². The van der Waals surface area contributed by atoms with Gasteiger partial charge in [0.15, 0.2) is 0 Å². The first-order valence-corrected chi connectivity index (χ1v) is 6.79. The molecule has 0 spiro atoms. The van der Waals surface area contributed by atoms with Crippen LogP contribution in [0.5, 0.6) is 0 Å². The number of hydrogen-bond acceptors (Lipinski definition) is 2. The van der Waals surface area contributed by atoms with Crippen LogP contribution in [0.1, 0.15) is 16.1 Å². The molecule has 2 aromatic carbocycles. The van der Waals surface area contributed by atoms with Gasteiger partial charge in [-0.1, -0.05) is 40.2 Å². The smallest absolute Gasteiger partial charge is 0.214 e. The number of pyridine rings is 1. The van der Waals surface area contributed by atoms with Gasteiger partial charge >= 0.3 is 0 Å². The second-order valence-electron chi connectivity index (χ2n) is 4.33. The average Bonchev–Trinajstić information content (AvgIpc) is 2.48. The fourth-order valence-electron chi connectivity index (χ4n) is 2.10. The maximum atomic E-state index is 13.8.